The van der Waals surface area contributed by atoms with Crippen LogP contribution < -0.4 is 5.32 Å². The quantitative estimate of drug-likeness (QED) is 0.785. The number of aromatic nitrogens is 4. The summed E-state index contributed by atoms with van der Waals surface area (Å²) in [5, 5.41) is 7.61. The number of hydrogen-bond donors (Lipinski definition) is 1. The fourth-order valence-corrected chi connectivity index (χ4v) is 2.12. The van der Waals surface area contributed by atoms with E-state index in [2.05, 4.69) is 27.3 Å². The van der Waals surface area contributed by atoms with E-state index in [4.69, 9.17) is 0 Å². The molecular weight excluding hydrogens is 250 g/mol. The standard InChI is InChI=1S/C15H17N5/c1-11-12(8-18-20(11)2)7-16-9-13-10-17-14-5-3-4-6-15(14)19-13/h3-6,8,10,16H,7,9H2,1-2H3. The molecule has 5 heteroatoms. The summed E-state index contributed by atoms with van der Waals surface area (Å²) in [6.07, 6.45) is 3.72. The molecule has 0 atom stereocenters. The van der Waals surface area contributed by atoms with Gasteiger partial charge in [0.05, 0.1) is 29.1 Å². The molecular formula is C15H17N5. The van der Waals surface area contributed by atoms with Crippen molar-refractivity contribution in [3.8, 4) is 0 Å². The minimum Gasteiger partial charge on any atom is -0.307 e. The van der Waals surface area contributed by atoms with Crippen LogP contribution in [0.4, 0.5) is 0 Å². The van der Waals surface area contributed by atoms with Crippen molar-refractivity contribution in [2.24, 2.45) is 7.05 Å². The van der Waals surface area contributed by atoms with E-state index in [0.29, 0.717) is 6.54 Å². The highest BCUT2D eigenvalue weighted by Gasteiger charge is 2.04. The molecule has 0 radical (unpaired) electrons. The molecule has 0 unspecified atom stereocenters. The second kappa shape index (κ2) is 5.38. The van der Waals surface area contributed by atoms with Crippen molar-refractivity contribution < 1.29 is 0 Å². The van der Waals surface area contributed by atoms with Crippen LogP contribution in [0.3, 0.4) is 0 Å². The van der Waals surface area contributed by atoms with Gasteiger partial charge in [-0.2, -0.15) is 5.10 Å². The average Bonchev–Trinajstić information content (AvgIpc) is 2.79. The van der Waals surface area contributed by atoms with Crippen LogP contribution in [0.25, 0.3) is 11.0 Å². The first kappa shape index (κ1) is 12.7. The van der Waals surface area contributed by atoms with Gasteiger partial charge in [0.25, 0.3) is 0 Å². The maximum absolute atomic E-state index is 4.59. The van der Waals surface area contributed by atoms with Gasteiger partial charge in [0.2, 0.25) is 0 Å². The van der Waals surface area contributed by atoms with Gasteiger partial charge in [0.1, 0.15) is 0 Å². The van der Waals surface area contributed by atoms with Gasteiger partial charge in [-0.15, -0.1) is 0 Å². The number of para-hydroxylation sites is 2. The Balaban J connectivity index is 1.66. The third-order valence-electron chi connectivity index (χ3n) is 3.46. The summed E-state index contributed by atoms with van der Waals surface area (Å²) >= 11 is 0. The van der Waals surface area contributed by atoms with Crippen LogP contribution in [0.2, 0.25) is 0 Å². The molecule has 3 aromatic rings. The zero-order chi connectivity index (χ0) is 13.9. The number of hydrogen-bond acceptors (Lipinski definition) is 4. The summed E-state index contributed by atoms with van der Waals surface area (Å²) in [6.45, 7) is 3.56. The lowest BCUT2D eigenvalue weighted by Crippen LogP contribution is -2.14. The lowest BCUT2D eigenvalue weighted by molar-refractivity contribution is 0.672. The highest BCUT2D eigenvalue weighted by molar-refractivity contribution is 5.73. The molecule has 102 valence electrons. The normalized spacial score (nSPS) is 11.1. The van der Waals surface area contributed by atoms with E-state index in [9.17, 15) is 0 Å². The lowest BCUT2D eigenvalue weighted by Gasteiger charge is -2.05. The Morgan fingerprint density at radius 3 is 2.65 bits per heavy atom. The minimum atomic E-state index is 0.701. The molecule has 2 aromatic heterocycles. The third-order valence-corrected chi connectivity index (χ3v) is 3.46. The molecule has 20 heavy (non-hydrogen) atoms. The number of rotatable bonds is 4. The fourth-order valence-electron chi connectivity index (χ4n) is 2.12. The first-order valence-corrected chi connectivity index (χ1v) is 6.63. The summed E-state index contributed by atoms with van der Waals surface area (Å²) in [4.78, 5) is 9.00. The predicted octanol–water partition coefficient (Wildman–Crippen LogP) is 1.96. The fraction of sp³-hybridized carbons (Fsp3) is 0.267. The highest BCUT2D eigenvalue weighted by Crippen LogP contribution is 2.09. The van der Waals surface area contributed by atoms with Gasteiger partial charge in [-0.3, -0.25) is 9.67 Å². The highest BCUT2D eigenvalue weighted by atomic mass is 15.3. The van der Waals surface area contributed by atoms with Crippen molar-refractivity contribution in [3.63, 3.8) is 0 Å². The van der Waals surface area contributed by atoms with E-state index < -0.39 is 0 Å². The van der Waals surface area contributed by atoms with Crippen molar-refractivity contribution in [2.45, 2.75) is 20.0 Å². The SMILES string of the molecule is Cc1c(CNCc2cnc3ccccc3n2)cnn1C. The van der Waals surface area contributed by atoms with Crippen molar-refractivity contribution in [1.82, 2.24) is 25.1 Å². The molecule has 2 heterocycles. The Labute approximate surface area is 117 Å². The maximum atomic E-state index is 4.59. The first-order valence-electron chi connectivity index (χ1n) is 6.63. The second-order valence-corrected chi connectivity index (χ2v) is 4.83. The zero-order valence-electron chi connectivity index (χ0n) is 11.7. The topological polar surface area (TPSA) is 55.6 Å². The molecule has 0 aliphatic carbocycles. The van der Waals surface area contributed by atoms with E-state index in [0.717, 1.165) is 23.3 Å². The number of fused-ring (bicyclic) bond motifs is 1. The Morgan fingerprint density at radius 2 is 1.90 bits per heavy atom. The molecule has 0 saturated carbocycles. The zero-order valence-corrected chi connectivity index (χ0v) is 11.7. The molecule has 1 aromatic carbocycles. The van der Waals surface area contributed by atoms with Gasteiger partial charge in [0.15, 0.2) is 0 Å². The van der Waals surface area contributed by atoms with Crippen LogP contribution in [0.5, 0.6) is 0 Å². The molecule has 0 spiro atoms. The van der Waals surface area contributed by atoms with E-state index in [-0.39, 0.29) is 0 Å². The smallest absolute Gasteiger partial charge is 0.0890 e. The van der Waals surface area contributed by atoms with Crippen molar-refractivity contribution in [3.05, 3.63) is 53.6 Å². The van der Waals surface area contributed by atoms with E-state index in [1.165, 1.54) is 11.3 Å². The van der Waals surface area contributed by atoms with Crippen LogP contribution in [0.1, 0.15) is 17.0 Å². The summed E-state index contributed by atoms with van der Waals surface area (Å²) in [5.41, 5.74) is 5.21. The first-order chi connectivity index (χ1) is 9.74. The molecule has 1 N–H and O–H groups in total. The number of nitrogens with zero attached hydrogens (tertiary/aromatic N) is 4. The Kier molecular flexibility index (Phi) is 3.43. The molecule has 0 bridgehead atoms. The molecule has 0 amide bonds. The molecule has 0 saturated heterocycles. The van der Waals surface area contributed by atoms with Gasteiger partial charge in [0, 0.05) is 31.4 Å². The maximum Gasteiger partial charge on any atom is 0.0890 e. The Hall–Kier alpha value is -2.27. The predicted molar refractivity (Wildman–Crippen MR) is 78.0 cm³/mol. The van der Waals surface area contributed by atoms with Gasteiger partial charge in [-0.1, -0.05) is 12.1 Å². The van der Waals surface area contributed by atoms with Crippen molar-refractivity contribution in [2.75, 3.05) is 0 Å². The molecule has 0 aliphatic rings. The van der Waals surface area contributed by atoms with Crippen LogP contribution in [-0.2, 0) is 20.1 Å². The molecule has 5 nitrogen and oxygen atoms in total. The molecule has 3 rings (SSSR count). The van der Waals surface area contributed by atoms with Crippen LogP contribution in [0.15, 0.2) is 36.7 Å². The van der Waals surface area contributed by atoms with Gasteiger partial charge in [-0.05, 0) is 19.1 Å². The minimum absolute atomic E-state index is 0.701. The van der Waals surface area contributed by atoms with E-state index in [1.807, 2.05) is 48.4 Å². The second-order valence-electron chi connectivity index (χ2n) is 4.83. The van der Waals surface area contributed by atoms with Crippen molar-refractivity contribution in [1.29, 1.82) is 0 Å². The van der Waals surface area contributed by atoms with E-state index in [1.54, 1.807) is 0 Å². The lowest BCUT2D eigenvalue weighted by atomic mass is 10.2. The van der Waals surface area contributed by atoms with Crippen LogP contribution in [-0.4, -0.2) is 19.7 Å². The number of nitrogens with one attached hydrogen (secondary N) is 1. The summed E-state index contributed by atoms with van der Waals surface area (Å²) in [6, 6.07) is 7.91. The Bertz CT molecular complexity index is 732. The van der Waals surface area contributed by atoms with Gasteiger partial charge in [-0.25, -0.2) is 4.98 Å². The van der Waals surface area contributed by atoms with Crippen molar-refractivity contribution >= 4 is 11.0 Å². The Morgan fingerprint density at radius 1 is 1.10 bits per heavy atom. The molecule has 0 aliphatic heterocycles. The van der Waals surface area contributed by atoms with Gasteiger partial charge >= 0.3 is 0 Å². The van der Waals surface area contributed by atoms with Crippen LogP contribution >= 0.6 is 0 Å². The average molecular weight is 267 g/mol. The van der Waals surface area contributed by atoms with Crippen LogP contribution in [0, 0.1) is 6.92 Å². The van der Waals surface area contributed by atoms with E-state index >= 15 is 0 Å². The number of benzene rings is 1. The summed E-state index contributed by atoms with van der Waals surface area (Å²) in [5.74, 6) is 0. The summed E-state index contributed by atoms with van der Waals surface area (Å²) in [7, 11) is 1.95. The summed E-state index contributed by atoms with van der Waals surface area (Å²) < 4.78 is 1.88. The molecule has 0 fully saturated rings. The monoisotopic (exact) mass is 267 g/mol. The number of aryl methyl sites for hydroxylation is 1. The largest absolute Gasteiger partial charge is 0.307 e. The van der Waals surface area contributed by atoms with Gasteiger partial charge < -0.3 is 5.32 Å². The third kappa shape index (κ3) is 2.53.